The van der Waals surface area contributed by atoms with Crippen LogP contribution in [0.15, 0.2) is 60.9 Å². The van der Waals surface area contributed by atoms with Gasteiger partial charge >= 0.3 is 0 Å². The molecule has 3 aromatic rings. The van der Waals surface area contributed by atoms with Crippen LogP contribution >= 0.6 is 11.6 Å². The summed E-state index contributed by atoms with van der Waals surface area (Å²) < 4.78 is 25.3. The predicted molar refractivity (Wildman–Crippen MR) is 108 cm³/mol. The van der Waals surface area contributed by atoms with Crippen molar-refractivity contribution in [3.8, 4) is 11.5 Å². The fourth-order valence-electron chi connectivity index (χ4n) is 2.87. The predicted octanol–water partition coefficient (Wildman–Crippen LogP) is 5.09. The first-order chi connectivity index (χ1) is 13.6. The van der Waals surface area contributed by atoms with Gasteiger partial charge in [-0.15, -0.1) is 0 Å². The maximum atomic E-state index is 13.8. The molecule has 0 spiro atoms. The van der Waals surface area contributed by atoms with Gasteiger partial charge in [-0.3, -0.25) is 4.98 Å². The summed E-state index contributed by atoms with van der Waals surface area (Å²) in [5.41, 5.74) is 8.60. The molecular formula is C22H22ClFN2O2. The van der Waals surface area contributed by atoms with Gasteiger partial charge in [-0.1, -0.05) is 35.9 Å². The van der Waals surface area contributed by atoms with E-state index in [9.17, 15) is 4.39 Å². The quantitative estimate of drug-likeness (QED) is 0.572. The zero-order valence-corrected chi connectivity index (χ0v) is 16.3. The van der Waals surface area contributed by atoms with Crippen molar-refractivity contribution in [1.82, 2.24) is 4.98 Å². The summed E-state index contributed by atoms with van der Waals surface area (Å²) >= 11 is 6.45. The highest BCUT2D eigenvalue weighted by atomic mass is 35.5. The van der Waals surface area contributed by atoms with Crippen LogP contribution in [0.1, 0.15) is 29.7 Å². The number of nitrogens with two attached hydrogens (primary N) is 1. The van der Waals surface area contributed by atoms with E-state index in [1.165, 1.54) is 6.07 Å². The summed E-state index contributed by atoms with van der Waals surface area (Å²) in [6, 6.07) is 13.7. The van der Waals surface area contributed by atoms with Gasteiger partial charge in [0.2, 0.25) is 0 Å². The van der Waals surface area contributed by atoms with Crippen molar-refractivity contribution in [2.45, 2.75) is 26.0 Å². The first-order valence-corrected chi connectivity index (χ1v) is 9.43. The molecule has 28 heavy (non-hydrogen) atoms. The summed E-state index contributed by atoms with van der Waals surface area (Å²) in [6.07, 6.45) is 4.03. The molecule has 0 aliphatic heterocycles. The molecule has 146 valence electrons. The monoisotopic (exact) mass is 400 g/mol. The Morgan fingerprint density at radius 2 is 1.96 bits per heavy atom. The Labute approximate surface area is 169 Å². The van der Waals surface area contributed by atoms with E-state index in [4.69, 9.17) is 26.8 Å². The number of ether oxygens (including phenoxy) is 2. The SMILES string of the molecule is CCOc1cc(CC(N)c2cccnc2)cc(Cl)c1OCc1ccccc1F. The lowest BCUT2D eigenvalue weighted by molar-refractivity contribution is 0.266. The number of nitrogens with zero attached hydrogens (tertiary/aromatic N) is 1. The van der Waals surface area contributed by atoms with Gasteiger partial charge in [-0.2, -0.15) is 0 Å². The van der Waals surface area contributed by atoms with Crippen LogP contribution in [0.5, 0.6) is 11.5 Å². The molecule has 1 atom stereocenters. The Kier molecular flexibility index (Phi) is 6.85. The summed E-state index contributed by atoms with van der Waals surface area (Å²) in [5, 5.41) is 0.399. The van der Waals surface area contributed by atoms with E-state index in [1.54, 1.807) is 36.7 Å². The smallest absolute Gasteiger partial charge is 0.180 e. The summed E-state index contributed by atoms with van der Waals surface area (Å²) in [4.78, 5) is 4.10. The number of halogens is 2. The lowest BCUT2D eigenvalue weighted by Gasteiger charge is -2.17. The Morgan fingerprint density at radius 1 is 1.14 bits per heavy atom. The van der Waals surface area contributed by atoms with Crippen LogP contribution in [0.3, 0.4) is 0 Å². The molecule has 0 radical (unpaired) electrons. The Morgan fingerprint density at radius 3 is 2.68 bits per heavy atom. The largest absolute Gasteiger partial charge is 0.490 e. The molecule has 2 N–H and O–H groups in total. The van der Waals surface area contributed by atoms with Gasteiger partial charge in [-0.25, -0.2) is 4.39 Å². The average Bonchev–Trinajstić information content (AvgIpc) is 2.69. The molecule has 0 fully saturated rings. The molecule has 1 heterocycles. The Balaban J connectivity index is 1.80. The van der Waals surface area contributed by atoms with Gasteiger partial charge in [-0.05, 0) is 48.7 Å². The molecule has 0 amide bonds. The normalized spacial score (nSPS) is 11.9. The van der Waals surface area contributed by atoms with Crippen molar-refractivity contribution in [3.63, 3.8) is 0 Å². The summed E-state index contributed by atoms with van der Waals surface area (Å²) in [6.45, 7) is 2.38. The number of pyridine rings is 1. The van der Waals surface area contributed by atoms with Gasteiger partial charge < -0.3 is 15.2 Å². The number of benzene rings is 2. The molecule has 1 unspecified atom stereocenters. The highest BCUT2D eigenvalue weighted by Gasteiger charge is 2.16. The minimum Gasteiger partial charge on any atom is -0.490 e. The van der Waals surface area contributed by atoms with Crippen LogP contribution in [0, 0.1) is 5.82 Å². The molecule has 3 rings (SSSR count). The summed E-state index contributed by atoms with van der Waals surface area (Å²) in [5.74, 6) is 0.584. The highest BCUT2D eigenvalue weighted by molar-refractivity contribution is 6.32. The van der Waals surface area contributed by atoms with Crippen LogP contribution in [-0.4, -0.2) is 11.6 Å². The van der Waals surface area contributed by atoms with Crippen molar-refractivity contribution in [3.05, 3.63) is 88.5 Å². The molecule has 6 heteroatoms. The fourth-order valence-corrected chi connectivity index (χ4v) is 3.16. The van der Waals surface area contributed by atoms with Crippen molar-refractivity contribution in [2.24, 2.45) is 5.73 Å². The average molecular weight is 401 g/mol. The lowest BCUT2D eigenvalue weighted by Crippen LogP contribution is -2.13. The molecule has 0 saturated carbocycles. The van der Waals surface area contributed by atoms with Crippen molar-refractivity contribution in [2.75, 3.05) is 6.61 Å². The van der Waals surface area contributed by atoms with E-state index >= 15 is 0 Å². The van der Waals surface area contributed by atoms with E-state index < -0.39 is 0 Å². The lowest BCUT2D eigenvalue weighted by atomic mass is 10.0. The molecule has 0 saturated heterocycles. The van der Waals surface area contributed by atoms with E-state index in [2.05, 4.69) is 4.98 Å². The second-order valence-corrected chi connectivity index (χ2v) is 6.72. The number of hydrogen-bond donors (Lipinski definition) is 1. The third-order valence-electron chi connectivity index (χ3n) is 4.27. The van der Waals surface area contributed by atoms with Gasteiger partial charge in [0.05, 0.1) is 11.6 Å². The van der Waals surface area contributed by atoms with Gasteiger partial charge in [0.15, 0.2) is 11.5 Å². The Hall–Kier alpha value is -2.63. The minimum absolute atomic E-state index is 0.0566. The zero-order chi connectivity index (χ0) is 19.9. The Bertz CT molecular complexity index is 922. The molecule has 4 nitrogen and oxygen atoms in total. The topological polar surface area (TPSA) is 57.4 Å². The number of rotatable bonds is 8. The molecule has 0 bridgehead atoms. The van der Waals surface area contributed by atoms with E-state index in [0.29, 0.717) is 35.1 Å². The van der Waals surface area contributed by atoms with Crippen molar-refractivity contribution >= 4 is 11.6 Å². The third-order valence-corrected chi connectivity index (χ3v) is 4.55. The van der Waals surface area contributed by atoms with Gasteiger partial charge in [0.25, 0.3) is 0 Å². The first-order valence-electron chi connectivity index (χ1n) is 9.05. The number of aromatic nitrogens is 1. The minimum atomic E-state index is -0.323. The van der Waals surface area contributed by atoms with Crippen LogP contribution in [-0.2, 0) is 13.0 Å². The molecule has 0 aliphatic rings. The van der Waals surface area contributed by atoms with Crippen molar-refractivity contribution < 1.29 is 13.9 Å². The molecule has 2 aromatic carbocycles. The maximum Gasteiger partial charge on any atom is 0.180 e. The van der Waals surface area contributed by atoms with E-state index in [1.807, 2.05) is 25.1 Å². The van der Waals surface area contributed by atoms with Gasteiger partial charge in [0, 0.05) is 24.0 Å². The number of hydrogen-bond acceptors (Lipinski definition) is 4. The second-order valence-electron chi connectivity index (χ2n) is 6.31. The van der Waals surface area contributed by atoms with Crippen LogP contribution in [0.25, 0.3) is 0 Å². The van der Waals surface area contributed by atoms with Crippen LogP contribution in [0.2, 0.25) is 5.02 Å². The molecule has 0 aliphatic carbocycles. The fraction of sp³-hybridized carbons (Fsp3) is 0.227. The van der Waals surface area contributed by atoms with Gasteiger partial charge in [0.1, 0.15) is 12.4 Å². The summed E-state index contributed by atoms with van der Waals surface area (Å²) in [7, 11) is 0. The van der Waals surface area contributed by atoms with Crippen LogP contribution in [0.4, 0.5) is 4.39 Å². The van der Waals surface area contributed by atoms with E-state index in [-0.39, 0.29) is 18.5 Å². The first kappa shape index (κ1) is 20.1. The van der Waals surface area contributed by atoms with Crippen LogP contribution < -0.4 is 15.2 Å². The molecular weight excluding hydrogens is 379 g/mol. The zero-order valence-electron chi connectivity index (χ0n) is 15.6. The second kappa shape index (κ2) is 9.53. The highest BCUT2D eigenvalue weighted by Crippen LogP contribution is 2.38. The maximum absolute atomic E-state index is 13.8. The van der Waals surface area contributed by atoms with E-state index in [0.717, 1.165) is 11.1 Å². The molecule has 1 aromatic heterocycles. The van der Waals surface area contributed by atoms with Crippen molar-refractivity contribution in [1.29, 1.82) is 0 Å². The standard InChI is InChI=1S/C22H22ClFN2O2/c1-2-27-21-12-15(11-20(25)16-7-5-9-26-13-16)10-18(23)22(21)28-14-17-6-3-4-8-19(17)24/h3-10,12-13,20H,2,11,14,25H2,1H3. The third kappa shape index (κ3) is 5.00.